The topological polar surface area (TPSA) is 68.5 Å². The Bertz CT molecular complexity index is 929. The van der Waals surface area contributed by atoms with Gasteiger partial charge in [0, 0.05) is 11.1 Å². The Kier molecular flexibility index (Phi) is 4.54. The zero-order valence-electron chi connectivity index (χ0n) is 13.0. The summed E-state index contributed by atoms with van der Waals surface area (Å²) >= 11 is 0. The highest BCUT2D eigenvalue weighted by Crippen LogP contribution is 2.33. The quantitative estimate of drug-likeness (QED) is 0.466. The van der Waals surface area contributed by atoms with E-state index in [0.29, 0.717) is 11.5 Å². The van der Waals surface area contributed by atoms with Gasteiger partial charge in [0.2, 0.25) is 12.6 Å². The van der Waals surface area contributed by atoms with Crippen molar-refractivity contribution in [3.05, 3.63) is 59.2 Å². The van der Waals surface area contributed by atoms with Crippen LogP contribution in [-0.2, 0) is 0 Å². The molecule has 0 saturated carbocycles. The molecular weight excluding hydrogens is 351 g/mol. The number of rotatable bonds is 4. The van der Waals surface area contributed by atoms with Crippen LogP contribution < -0.4 is 14.2 Å². The normalized spacial score (nSPS) is 13.2. The van der Waals surface area contributed by atoms with Crippen molar-refractivity contribution in [2.45, 2.75) is 6.36 Å². The van der Waals surface area contributed by atoms with Crippen molar-refractivity contribution >= 4 is 11.9 Å². The van der Waals surface area contributed by atoms with Gasteiger partial charge in [-0.25, -0.2) is 0 Å². The van der Waals surface area contributed by atoms with Gasteiger partial charge in [-0.3, -0.25) is 4.79 Å². The number of carbonyl (C=O) groups excluding carboxylic acids is 1. The molecule has 132 valence electrons. The summed E-state index contributed by atoms with van der Waals surface area (Å²) in [5, 5.41) is 9.28. The smallest absolute Gasteiger partial charge is 0.454 e. The number of carbonyl (C=O) groups is 1. The summed E-state index contributed by atoms with van der Waals surface area (Å²) in [7, 11) is 0. The third kappa shape index (κ3) is 3.78. The third-order valence-electron chi connectivity index (χ3n) is 3.44. The van der Waals surface area contributed by atoms with Crippen LogP contribution in [0.4, 0.5) is 13.2 Å². The number of ketones is 1. The maximum absolute atomic E-state index is 12.5. The van der Waals surface area contributed by atoms with Crippen molar-refractivity contribution in [1.82, 2.24) is 0 Å². The standard InChI is InChI=1S/C18H10F3NO4/c19-18(20,21)26-14-4-2-1-3-11(14)7-13(9-22)17(23)12-5-6-15-16(8-12)25-10-24-15/h1-8H,10H2/b13-7+. The molecule has 0 atom stereocenters. The van der Waals surface area contributed by atoms with Gasteiger partial charge in [0.25, 0.3) is 0 Å². The van der Waals surface area contributed by atoms with Gasteiger partial charge < -0.3 is 14.2 Å². The number of benzene rings is 2. The molecule has 0 amide bonds. The van der Waals surface area contributed by atoms with Crippen LogP contribution in [0, 0.1) is 11.3 Å². The molecule has 0 N–H and O–H groups in total. The van der Waals surface area contributed by atoms with Crippen LogP contribution in [0.5, 0.6) is 17.2 Å². The summed E-state index contributed by atoms with van der Waals surface area (Å²) in [6.45, 7) is 0.0239. The van der Waals surface area contributed by atoms with Gasteiger partial charge in [0.05, 0.1) is 0 Å². The predicted octanol–water partition coefficient (Wildman–Crippen LogP) is 4.10. The number of nitrogens with zero attached hydrogens (tertiary/aromatic N) is 1. The van der Waals surface area contributed by atoms with Crippen molar-refractivity contribution in [2.24, 2.45) is 0 Å². The lowest BCUT2D eigenvalue weighted by atomic mass is 10.0. The van der Waals surface area contributed by atoms with Gasteiger partial charge in [-0.05, 0) is 30.3 Å². The van der Waals surface area contributed by atoms with Crippen LogP contribution in [-0.4, -0.2) is 18.9 Å². The van der Waals surface area contributed by atoms with E-state index < -0.39 is 17.9 Å². The minimum atomic E-state index is -4.89. The maximum atomic E-state index is 12.5. The fraction of sp³-hybridized carbons (Fsp3) is 0.111. The molecule has 1 heterocycles. The minimum absolute atomic E-state index is 0.0239. The number of hydrogen-bond acceptors (Lipinski definition) is 5. The molecule has 0 fully saturated rings. The van der Waals surface area contributed by atoms with Crippen molar-refractivity contribution in [3.63, 3.8) is 0 Å². The molecule has 1 aliphatic rings. The van der Waals surface area contributed by atoms with Gasteiger partial charge >= 0.3 is 6.36 Å². The summed E-state index contributed by atoms with van der Waals surface area (Å²) in [5.74, 6) is -0.347. The van der Waals surface area contributed by atoms with E-state index in [-0.39, 0.29) is 23.5 Å². The average Bonchev–Trinajstić information content (AvgIpc) is 3.06. The number of para-hydroxylation sites is 1. The molecule has 3 rings (SSSR count). The van der Waals surface area contributed by atoms with Gasteiger partial charge in [-0.1, -0.05) is 18.2 Å². The molecule has 0 radical (unpaired) electrons. The summed E-state index contributed by atoms with van der Waals surface area (Å²) in [4.78, 5) is 12.5. The second-order valence-electron chi connectivity index (χ2n) is 5.15. The van der Waals surface area contributed by atoms with Crippen molar-refractivity contribution in [2.75, 3.05) is 6.79 Å². The van der Waals surface area contributed by atoms with E-state index in [1.54, 1.807) is 6.07 Å². The highest BCUT2D eigenvalue weighted by Gasteiger charge is 2.32. The first-order valence-corrected chi connectivity index (χ1v) is 7.28. The van der Waals surface area contributed by atoms with E-state index in [9.17, 15) is 23.2 Å². The number of Topliss-reactive ketones (excluding diaryl/α,β-unsaturated/α-hetero) is 1. The number of fused-ring (bicyclic) bond motifs is 1. The number of halogens is 3. The molecule has 0 aromatic heterocycles. The molecular formula is C18H10F3NO4. The number of allylic oxidation sites excluding steroid dienone is 1. The minimum Gasteiger partial charge on any atom is -0.454 e. The van der Waals surface area contributed by atoms with E-state index in [4.69, 9.17) is 9.47 Å². The van der Waals surface area contributed by atoms with Crippen molar-refractivity contribution < 1.29 is 32.2 Å². The van der Waals surface area contributed by atoms with Crippen LogP contribution in [0.25, 0.3) is 6.08 Å². The predicted molar refractivity (Wildman–Crippen MR) is 83.6 cm³/mol. The van der Waals surface area contributed by atoms with Crippen LogP contribution in [0.15, 0.2) is 48.0 Å². The van der Waals surface area contributed by atoms with Gasteiger partial charge in [0.15, 0.2) is 11.5 Å². The second kappa shape index (κ2) is 6.80. The van der Waals surface area contributed by atoms with E-state index in [1.807, 2.05) is 0 Å². The fourth-order valence-electron chi connectivity index (χ4n) is 2.31. The van der Waals surface area contributed by atoms with Crippen LogP contribution in [0.3, 0.4) is 0 Å². The third-order valence-corrected chi connectivity index (χ3v) is 3.44. The Morgan fingerprint density at radius 3 is 2.62 bits per heavy atom. The number of alkyl halides is 3. The molecule has 2 aromatic rings. The molecule has 26 heavy (non-hydrogen) atoms. The Morgan fingerprint density at radius 1 is 1.15 bits per heavy atom. The lowest BCUT2D eigenvalue weighted by Crippen LogP contribution is -2.17. The lowest BCUT2D eigenvalue weighted by molar-refractivity contribution is -0.274. The Morgan fingerprint density at radius 2 is 1.88 bits per heavy atom. The molecule has 0 bridgehead atoms. The molecule has 0 aliphatic carbocycles. The molecule has 2 aromatic carbocycles. The first-order valence-electron chi connectivity index (χ1n) is 7.28. The molecule has 5 nitrogen and oxygen atoms in total. The molecule has 1 aliphatic heterocycles. The maximum Gasteiger partial charge on any atom is 0.573 e. The summed E-state index contributed by atoms with van der Waals surface area (Å²) in [5.41, 5.74) is -0.242. The molecule has 8 heteroatoms. The summed E-state index contributed by atoms with van der Waals surface area (Å²) in [6.07, 6.45) is -3.84. The van der Waals surface area contributed by atoms with Gasteiger partial charge in [-0.2, -0.15) is 5.26 Å². The number of nitriles is 1. The summed E-state index contributed by atoms with van der Waals surface area (Å²) < 4.78 is 51.7. The Balaban J connectivity index is 1.94. The lowest BCUT2D eigenvalue weighted by Gasteiger charge is -2.11. The highest BCUT2D eigenvalue weighted by atomic mass is 19.4. The van der Waals surface area contributed by atoms with E-state index in [1.165, 1.54) is 36.4 Å². The zero-order valence-corrected chi connectivity index (χ0v) is 13.0. The number of hydrogen-bond donors (Lipinski definition) is 0. The van der Waals surface area contributed by atoms with E-state index >= 15 is 0 Å². The average molecular weight is 361 g/mol. The van der Waals surface area contributed by atoms with E-state index in [2.05, 4.69) is 4.74 Å². The summed E-state index contributed by atoms with van der Waals surface area (Å²) in [6, 6.07) is 11.3. The van der Waals surface area contributed by atoms with Crippen LogP contribution in [0.2, 0.25) is 0 Å². The van der Waals surface area contributed by atoms with Crippen LogP contribution in [0.1, 0.15) is 15.9 Å². The monoisotopic (exact) mass is 361 g/mol. The molecule has 0 spiro atoms. The second-order valence-corrected chi connectivity index (χ2v) is 5.15. The van der Waals surface area contributed by atoms with Gasteiger partial charge in [-0.15, -0.1) is 13.2 Å². The first kappa shape index (κ1) is 17.4. The van der Waals surface area contributed by atoms with Gasteiger partial charge in [0.1, 0.15) is 17.4 Å². The molecule has 0 saturated heterocycles. The highest BCUT2D eigenvalue weighted by molar-refractivity contribution is 6.14. The zero-order chi connectivity index (χ0) is 18.7. The van der Waals surface area contributed by atoms with Crippen LogP contribution >= 0.6 is 0 Å². The Hall–Kier alpha value is -3.47. The largest absolute Gasteiger partial charge is 0.573 e. The Labute approximate surface area is 145 Å². The molecule has 0 unspecified atom stereocenters. The first-order chi connectivity index (χ1) is 12.4. The number of ether oxygens (including phenoxy) is 3. The van der Waals surface area contributed by atoms with Crippen molar-refractivity contribution in [3.8, 4) is 23.3 Å². The fourth-order valence-corrected chi connectivity index (χ4v) is 2.31. The SMILES string of the molecule is N#C/C(=C\c1ccccc1OC(F)(F)F)C(=O)c1ccc2c(c1)OCO2. The van der Waals surface area contributed by atoms with E-state index in [0.717, 1.165) is 12.1 Å². The van der Waals surface area contributed by atoms with Crippen molar-refractivity contribution in [1.29, 1.82) is 5.26 Å².